The Morgan fingerprint density at radius 2 is 1.79 bits per heavy atom. The molecule has 0 aliphatic carbocycles. The second-order valence-corrected chi connectivity index (χ2v) is 7.55. The van der Waals surface area contributed by atoms with Crippen LogP contribution in [0.25, 0.3) is 0 Å². The summed E-state index contributed by atoms with van der Waals surface area (Å²) >= 11 is 9.94. The highest BCUT2D eigenvalue weighted by molar-refractivity contribution is 9.10. The van der Waals surface area contributed by atoms with Crippen LogP contribution in [0.3, 0.4) is 0 Å². The van der Waals surface area contributed by atoms with Crippen LogP contribution in [0.15, 0.2) is 70.1 Å². The first-order valence-corrected chi connectivity index (χ1v) is 10.2. The number of rotatable bonds is 7. The van der Waals surface area contributed by atoms with Crippen molar-refractivity contribution in [2.45, 2.75) is 20.5 Å². The molecule has 0 amide bonds. The molecule has 0 unspecified atom stereocenters. The summed E-state index contributed by atoms with van der Waals surface area (Å²) in [5.74, 6) is 1.15. The van der Waals surface area contributed by atoms with Gasteiger partial charge in [-0.1, -0.05) is 57.9 Å². The lowest BCUT2D eigenvalue weighted by atomic mass is 10.2. The van der Waals surface area contributed by atoms with Crippen molar-refractivity contribution < 1.29 is 9.47 Å². The van der Waals surface area contributed by atoms with Crippen LogP contribution in [0.2, 0.25) is 5.02 Å². The van der Waals surface area contributed by atoms with Gasteiger partial charge in [-0.3, -0.25) is 4.99 Å². The molecule has 0 radical (unpaired) electrons. The fourth-order valence-electron chi connectivity index (χ4n) is 2.65. The van der Waals surface area contributed by atoms with Crippen molar-refractivity contribution in [1.82, 2.24) is 0 Å². The second kappa shape index (κ2) is 9.76. The Labute approximate surface area is 179 Å². The summed E-state index contributed by atoms with van der Waals surface area (Å²) in [4.78, 5) is 4.57. The predicted octanol–water partition coefficient (Wildman–Crippen LogP) is 7.14. The van der Waals surface area contributed by atoms with Crippen molar-refractivity contribution in [3.63, 3.8) is 0 Å². The van der Waals surface area contributed by atoms with Gasteiger partial charge in [-0.2, -0.15) is 0 Å². The normalized spacial score (nSPS) is 11.0. The number of para-hydroxylation sites is 1. The number of ether oxygens (including phenoxy) is 2. The summed E-state index contributed by atoms with van der Waals surface area (Å²) in [5, 5.41) is 0.495. The van der Waals surface area contributed by atoms with Gasteiger partial charge in [-0.15, -0.1) is 0 Å². The zero-order valence-corrected chi connectivity index (χ0v) is 18.1. The third-order valence-corrected chi connectivity index (χ3v) is 4.91. The van der Waals surface area contributed by atoms with Gasteiger partial charge in [-0.05, 0) is 60.9 Å². The van der Waals surface area contributed by atoms with E-state index in [-0.39, 0.29) is 0 Å². The van der Waals surface area contributed by atoms with E-state index >= 15 is 0 Å². The number of hydrogen-bond acceptors (Lipinski definition) is 3. The molecule has 0 saturated carbocycles. The number of halogens is 2. The van der Waals surface area contributed by atoms with Gasteiger partial charge in [0.05, 0.1) is 17.3 Å². The molecule has 0 spiro atoms. The Morgan fingerprint density at radius 3 is 2.50 bits per heavy atom. The topological polar surface area (TPSA) is 30.8 Å². The fraction of sp³-hybridized carbons (Fsp3) is 0.174. The van der Waals surface area contributed by atoms with Crippen molar-refractivity contribution in [3.8, 4) is 11.5 Å². The van der Waals surface area contributed by atoms with Gasteiger partial charge >= 0.3 is 0 Å². The average molecular weight is 459 g/mol. The van der Waals surface area contributed by atoms with E-state index in [0.717, 1.165) is 26.9 Å². The summed E-state index contributed by atoms with van der Waals surface area (Å²) in [6, 6.07) is 19.7. The van der Waals surface area contributed by atoms with E-state index in [1.807, 2.05) is 74.5 Å². The van der Waals surface area contributed by atoms with Gasteiger partial charge in [0, 0.05) is 10.7 Å². The van der Waals surface area contributed by atoms with E-state index in [9.17, 15) is 0 Å². The van der Waals surface area contributed by atoms with E-state index in [1.165, 1.54) is 0 Å². The summed E-state index contributed by atoms with van der Waals surface area (Å²) < 4.78 is 12.8. The van der Waals surface area contributed by atoms with Gasteiger partial charge in [0.1, 0.15) is 6.61 Å². The highest BCUT2D eigenvalue weighted by Gasteiger charge is 2.12. The highest BCUT2D eigenvalue weighted by Crippen LogP contribution is 2.37. The van der Waals surface area contributed by atoms with E-state index in [4.69, 9.17) is 21.1 Å². The third kappa shape index (κ3) is 5.37. The lowest BCUT2D eigenvalue weighted by Gasteiger charge is -2.14. The number of aliphatic imine (C=N–C) groups is 1. The summed E-state index contributed by atoms with van der Waals surface area (Å²) in [6.45, 7) is 4.89. The molecule has 0 aliphatic rings. The summed E-state index contributed by atoms with van der Waals surface area (Å²) in [5.41, 5.74) is 3.94. The Kier molecular flexibility index (Phi) is 7.12. The molecule has 3 aromatic rings. The van der Waals surface area contributed by atoms with Crippen molar-refractivity contribution in [3.05, 3.63) is 86.8 Å². The molecule has 0 aliphatic heterocycles. The smallest absolute Gasteiger partial charge is 0.180 e. The molecule has 5 heteroatoms. The van der Waals surface area contributed by atoms with Crippen LogP contribution in [0, 0.1) is 6.92 Å². The Morgan fingerprint density at radius 1 is 1.04 bits per heavy atom. The van der Waals surface area contributed by atoms with Crippen LogP contribution >= 0.6 is 27.5 Å². The molecule has 0 N–H and O–H groups in total. The Bertz CT molecular complexity index is 971. The van der Waals surface area contributed by atoms with Crippen molar-refractivity contribution in [2.24, 2.45) is 4.99 Å². The van der Waals surface area contributed by atoms with Crippen LogP contribution in [0.5, 0.6) is 11.5 Å². The average Bonchev–Trinajstić information content (AvgIpc) is 2.68. The van der Waals surface area contributed by atoms with E-state index in [1.54, 1.807) is 6.21 Å². The first-order chi connectivity index (χ1) is 13.6. The zero-order chi connectivity index (χ0) is 19.9. The van der Waals surface area contributed by atoms with Gasteiger partial charge in [0.15, 0.2) is 11.5 Å². The number of aryl methyl sites for hydroxylation is 1. The summed E-state index contributed by atoms with van der Waals surface area (Å²) in [7, 11) is 0. The molecule has 0 atom stereocenters. The second-order valence-electron chi connectivity index (χ2n) is 6.22. The first kappa shape index (κ1) is 20.4. The minimum Gasteiger partial charge on any atom is -0.490 e. The maximum Gasteiger partial charge on any atom is 0.180 e. The standard InChI is InChI=1S/C23H21BrClNO2/c1-3-27-22-13-18(14-26-21-7-5-4-6-16(21)2)12-20(25)23(22)28-15-17-8-10-19(24)11-9-17/h4-14H,3,15H2,1-2H3. The molecular weight excluding hydrogens is 438 g/mol. The van der Waals surface area contributed by atoms with Gasteiger partial charge in [-0.25, -0.2) is 0 Å². The van der Waals surface area contributed by atoms with Crippen LogP contribution in [-0.4, -0.2) is 12.8 Å². The molecule has 0 bridgehead atoms. The van der Waals surface area contributed by atoms with Gasteiger partial charge < -0.3 is 9.47 Å². The van der Waals surface area contributed by atoms with Crippen molar-refractivity contribution in [2.75, 3.05) is 6.61 Å². The molecule has 0 saturated heterocycles. The lowest BCUT2D eigenvalue weighted by molar-refractivity contribution is 0.269. The predicted molar refractivity (Wildman–Crippen MR) is 120 cm³/mol. The molecule has 0 aromatic heterocycles. The molecule has 3 nitrogen and oxygen atoms in total. The van der Waals surface area contributed by atoms with Crippen LogP contribution < -0.4 is 9.47 Å². The van der Waals surface area contributed by atoms with Gasteiger partial charge in [0.2, 0.25) is 0 Å². The molecule has 28 heavy (non-hydrogen) atoms. The molecular formula is C23H21BrClNO2. The van der Waals surface area contributed by atoms with E-state index < -0.39 is 0 Å². The monoisotopic (exact) mass is 457 g/mol. The highest BCUT2D eigenvalue weighted by atomic mass is 79.9. The Balaban J connectivity index is 1.83. The lowest BCUT2D eigenvalue weighted by Crippen LogP contribution is -2.01. The van der Waals surface area contributed by atoms with Crippen molar-refractivity contribution in [1.29, 1.82) is 0 Å². The number of hydrogen-bond donors (Lipinski definition) is 0. The fourth-order valence-corrected chi connectivity index (χ4v) is 3.19. The first-order valence-electron chi connectivity index (χ1n) is 9.00. The van der Waals surface area contributed by atoms with E-state index in [2.05, 4.69) is 20.9 Å². The summed E-state index contributed by atoms with van der Waals surface area (Å²) in [6.07, 6.45) is 1.79. The largest absolute Gasteiger partial charge is 0.490 e. The van der Waals surface area contributed by atoms with Crippen LogP contribution in [0.1, 0.15) is 23.6 Å². The quantitative estimate of drug-likeness (QED) is 0.352. The number of benzene rings is 3. The minimum absolute atomic E-state index is 0.406. The zero-order valence-electron chi connectivity index (χ0n) is 15.8. The van der Waals surface area contributed by atoms with E-state index in [0.29, 0.717) is 29.7 Å². The van der Waals surface area contributed by atoms with Gasteiger partial charge in [0.25, 0.3) is 0 Å². The van der Waals surface area contributed by atoms with Crippen LogP contribution in [0.4, 0.5) is 5.69 Å². The molecule has 3 aromatic carbocycles. The van der Waals surface area contributed by atoms with Crippen LogP contribution in [-0.2, 0) is 6.61 Å². The minimum atomic E-state index is 0.406. The third-order valence-electron chi connectivity index (χ3n) is 4.10. The molecule has 3 rings (SSSR count). The maximum atomic E-state index is 6.50. The molecule has 0 heterocycles. The number of nitrogens with zero attached hydrogens (tertiary/aromatic N) is 1. The Hall–Kier alpha value is -2.30. The molecule has 0 fully saturated rings. The SMILES string of the molecule is CCOc1cc(C=Nc2ccccc2C)cc(Cl)c1OCc1ccc(Br)cc1. The maximum absolute atomic E-state index is 6.50. The molecule has 144 valence electrons. The van der Waals surface area contributed by atoms with Crippen molar-refractivity contribution >= 4 is 39.4 Å².